The average molecular weight is 396 g/mol. The standard InChI is InChI=1S/C18H17ClF3N5/c19-16-14(13-11(20)6-7-12(21)15(13)22)17(27-18(25-16)23-10-24-27)26-8-4-2-1-3-5-9-26/h6-7,10H,1-5,8-9H2. The van der Waals surface area contributed by atoms with Gasteiger partial charge >= 0.3 is 0 Å². The SMILES string of the molecule is Fc1ccc(F)c(-c2c(Cl)nc3ncnn3c2N2CCCCCCC2)c1F. The van der Waals surface area contributed by atoms with Crippen molar-refractivity contribution < 1.29 is 13.2 Å². The fraction of sp³-hybridized carbons (Fsp3) is 0.389. The summed E-state index contributed by atoms with van der Waals surface area (Å²) in [6.45, 7) is 1.34. The van der Waals surface area contributed by atoms with Crippen LogP contribution in [0.5, 0.6) is 0 Å². The van der Waals surface area contributed by atoms with E-state index in [1.807, 2.05) is 4.90 Å². The molecule has 3 heterocycles. The lowest BCUT2D eigenvalue weighted by Crippen LogP contribution is -2.30. The van der Waals surface area contributed by atoms with Crippen molar-refractivity contribution in [1.82, 2.24) is 19.6 Å². The Bertz CT molecular complexity index is 983. The molecule has 9 heteroatoms. The van der Waals surface area contributed by atoms with Gasteiger partial charge in [-0.15, -0.1) is 0 Å². The largest absolute Gasteiger partial charge is 0.356 e. The molecular formula is C18H17ClF3N5. The highest BCUT2D eigenvalue weighted by molar-refractivity contribution is 6.33. The molecule has 0 bridgehead atoms. The number of halogens is 4. The predicted octanol–water partition coefficient (Wildman–Crippen LogP) is 4.63. The lowest BCUT2D eigenvalue weighted by Gasteiger charge is -2.29. The molecule has 0 saturated carbocycles. The summed E-state index contributed by atoms with van der Waals surface area (Å²) in [5.41, 5.74) is -0.549. The normalized spacial score (nSPS) is 15.8. The molecule has 0 N–H and O–H groups in total. The van der Waals surface area contributed by atoms with Crippen molar-refractivity contribution in [3.63, 3.8) is 0 Å². The van der Waals surface area contributed by atoms with E-state index in [2.05, 4.69) is 15.1 Å². The number of fused-ring (bicyclic) bond motifs is 1. The van der Waals surface area contributed by atoms with E-state index in [0.29, 0.717) is 18.9 Å². The Labute approximate surface area is 158 Å². The molecule has 27 heavy (non-hydrogen) atoms. The van der Waals surface area contributed by atoms with Crippen LogP contribution in [0.3, 0.4) is 0 Å². The first-order valence-electron chi connectivity index (χ1n) is 8.86. The highest BCUT2D eigenvalue weighted by Crippen LogP contribution is 2.40. The van der Waals surface area contributed by atoms with Gasteiger partial charge in [-0.1, -0.05) is 30.9 Å². The third-order valence-electron chi connectivity index (χ3n) is 4.81. The van der Waals surface area contributed by atoms with E-state index in [4.69, 9.17) is 11.6 Å². The van der Waals surface area contributed by atoms with Crippen LogP contribution in [0, 0.1) is 17.5 Å². The second-order valence-electron chi connectivity index (χ2n) is 6.55. The van der Waals surface area contributed by atoms with Crippen LogP contribution in [-0.4, -0.2) is 32.7 Å². The third-order valence-corrected chi connectivity index (χ3v) is 5.08. The Morgan fingerprint density at radius 3 is 2.30 bits per heavy atom. The number of hydrogen-bond acceptors (Lipinski definition) is 4. The first-order valence-corrected chi connectivity index (χ1v) is 9.24. The summed E-state index contributed by atoms with van der Waals surface area (Å²) in [7, 11) is 0. The quantitative estimate of drug-likeness (QED) is 0.468. The van der Waals surface area contributed by atoms with E-state index in [-0.39, 0.29) is 16.5 Å². The van der Waals surface area contributed by atoms with Crippen LogP contribution in [0.1, 0.15) is 32.1 Å². The molecule has 1 aliphatic heterocycles. The van der Waals surface area contributed by atoms with Gasteiger partial charge in [-0.05, 0) is 25.0 Å². The number of rotatable bonds is 2. The van der Waals surface area contributed by atoms with Gasteiger partial charge in [0.15, 0.2) is 11.6 Å². The molecule has 0 atom stereocenters. The molecule has 1 aromatic carbocycles. The summed E-state index contributed by atoms with van der Waals surface area (Å²) >= 11 is 6.31. The zero-order valence-electron chi connectivity index (χ0n) is 14.4. The molecule has 1 aliphatic rings. The van der Waals surface area contributed by atoms with E-state index in [9.17, 15) is 13.2 Å². The minimum atomic E-state index is -1.30. The number of hydrogen-bond donors (Lipinski definition) is 0. The molecule has 1 saturated heterocycles. The Hall–Kier alpha value is -2.35. The number of benzene rings is 1. The van der Waals surface area contributed by atoms with Crippen LogP contribution in [0.15, 0.2) is 18.5 Å². The highest BCUT2D eigenvalue weighted by Gasteiger charge is 2.28. The maximum Gasteiger partial charge on any atom is 0.255 e. The number of nitrogens with zero attached hydrogens (tertiary/aromatic N) is 5. The predicted molar refractivity (Wildman–Crippen MR) is 96.4 cm³/mol. The molecule has 142 valence electrons. The molecule has 3 aromatic rings. The van der Waals surface area contributed by atoms with Crippen LogP contribution in [0.25, 0.3) is 16.9 Å². The second-order valence-corrected chi connectivity index (χ2v) is 6.90. The van der Waals surface area contributed by atoms with Gasteiger partial charge in [0.25, 0.3) is 5.78 Å². The Morgan fingerprint density at radius 2 is 1.56 bits per heavy atom. The van der Waals surface area contributed by atoms with Crippen LogP contribution >= 0.6 is 11.6 Å². The minimum absolute atomic E-state index is 0.00950. The monoisotopic (exact) mass is 395 g/mol. The highest BCUT2D eigenvalue weighted by atomic mass is 35.5. The van der Waals surface area contributed by atoms with Gasteiger partial charge in [0, 0.05) is 13.1 Å². The van der Waals surface area contributed by atoms with E-state index in [1.165, 1.54) is 10.8 Å². The fourth-order valence-electron chi connectivity index (χ4n) is 3.53. The Morgan fingerprint density at radius 1 is 0.889 bits per heavy atom. The summed E-state index contributed by atoms with van der Waals surface area (Å²) in [6.07, 6.45) is 6.42. The third kappa shape index (κ3) is 3.22. The topological polar surface area (TPSA) is 46.3 Å². The summed E-state index contributed by atoms with van der Waals surface area (Å²) in [5.74, 6) is -2.76. The van der Waals surface area contributed by atoms with Crippen molar-refractivity contribution in [2.45, 2.75) is 32.1 Å². The first-order chi connectivity index (χ1) is 13.1. The van der Waals surface area contributed by atoms with Crippen molar-refractivity contribution in [1.29, 1.82) is 0 Å². The molecule has 2 aromatic heterocycles. The van der Waals surface area contributed by atoms with Gasteiger partial charge < -0.3 is 4.90 Å². The van der Waals surface area contributed by atoms with E-state index in [1.54, 1.807) is 0 Å². The molecular weight excluding hydrogens is 379 g/mol. The second kappa shape index (κ2) is 7.34. The summed E-state index contributed by atoms with van der Waals surface area (Å²) in [4.78, 5) is 10.1. The average Bonchev–Trinajstić information content (AvgIpc) is 3.07. The zero-order valence-corrected chi connectivity index (χ0v) is 15.2. The molecule has 0 amide bonds. The van der Waals surface area contributed by atoms with Gasteiger partial charge in [-0.3, -0.25) is 0 Å². The molecule has 4 rings (SSSR count). The molecule has 5 nitrogen and oxygen atoms in total. The molecule has 0 spiro atoms. The summed E-state index contributed by atoms with van der Waals surface area (Å²) in [6, 6.07) is 1.63. The van der Waals surface area contributed by atoms with Crippen molar-refractivity contribution in [2.24, 2.45) is 0 Å². The summed E-state index contributed by atoms with van der Waals surface area (Å²) in [5, 5.41) is 4.02. The van der Waals surface area contributed by atoms with Crippen molar-refractivity contribution in [2.75, 3.05) is 18.0 Å². The molecule has 1 fully saturated rings. The fourth-order valence-corrected chi connectivity index (χ4v) is 3.78. The zero-order chi connectivity index (χ0) is 19.0. The summed E-state index contributed by atoms with van der Waals surface area (Å²) < 4.78 is 44.4. The maximum atomic E-state index is 14.6. The van der Waals surface area contributed by atoms with Gasteiger partial charge in [-0.25, -0.2) is 13.2 Å². The van der Waals surface area contributed by atoms with E-state index >= 15 is 0 Å². The van der Waals surface area contributed by atoms with Crippen LogP contribution in [-0.2, 0) is 0 Å². The molecule has 0 radical (unpaired) electrons. The van der Waals surface area contributed by atoms with Crippen molar-refractivity contribution in [3.05, 3.63) is 41.1 Å². The van der Waals surface area contributed by atoms with Gasteiger partial charge in [0.1, 0.15) is 23.1 Å². The van der Waals surface area contributed by atoms with Crippen LogP contribution in [0.2, 0.25) is 5.15 Å². The number of anilines is 1. The van der Waals surface area contributed by atoms with Gasteiger partial charge in [0.2, 0.25) is 0 Å². The van der Waals surface area contributed by atoms with Crippen LogP contribution in [0.4, 0.5) is 19.0 Å². The maximum absolute atomic E-state index is 14.6. The smallest absolute Gasteiger partial charge is 0.255 e. The number of aromatic nitrogens is 4. The van der Waals surface area contributed by atoms with Gasteiger partial charge in [-0.2, -0.15) is 19.6 Å². The van der Waals surface area contributed by atoms with Crippen LogP contribution < -0.4 is 4.90 Å². The Balaban J connectivity index is 2.00. The first kappa shape index (κ1) is 18.0. The van der Waals surface area contributed by atoms with Crippen molar-refractivity contribution >= 4 is 23.2 Å². The Kier molecular flexibility index (Phi) is 4.90. The minimum Gasteiger partial charge on any atom is -0.356 e. The van der Waals surface area contributed by atoms with Gasteiger partial charge in [0.05, 0.1) is 11.1 Å². The van der Waals surface area contributed by atoms with E-state index < -0.39 is 23.0 Å². The lowest BCUT2D eigenvalue weighted by molar-refractivity contribution is 0.498. The van der Waals surface area contributed by atoms with E-state index in [0.717, 1.165) is 44.2 Å². The lowest BCUT2D eigenvalue weighted by atomic mass is 10.0. The molecule has 0 unspecified atom stereocenters. The van der Waals surface area contributed by atoms with Crippen molar-refractivity contribution in [3.8, 4) is 11.1 Å². The molecule has 0 aliphatic carbocycles.